The first-order valence-electron chi connectivity index (χ1n) is 10.3. The number of aryl methyl sites for hydroxylation is 1. The highest BCUT2D eigenvalue weighted by atomic mass is 19.1. The first-order valence-corrected chi connectivity index (χ1v) is 10.3. The maximum absolute atomic E-state index is 14.4. The summed E-state index contributed by atoms with van der Waals surface area (Å²) in [7, 11) is 3.04. The number of anilines is 1. The van der Waals surface area contributed by atoms with Crippen molar-refractivity contribution in [3.05, 3.63) is 66.2 Å². The number of nitrogen functional groups attached to an aromatic ring is 1. The van der Waals surface area contributed by atoms with Gasteiger partial charge < -0.3 is 21.5 Å². The number of hydrogen-bond donors (Lipinski definition) is 4. The molecule has 3 aromatic rings. The van der Waals surface area contributed by atoms with Crippen LogP contribution in [0.15, 0.2) is 54.9 Å². The lowest BCUT2D eigenvalue weighted by Crippen LogP contribution is -2.37. The van der Waals surface area contributed by atoms with Gasteiger partial charge >= 0.3 is 0 Å². The molecule has 1 aliphatic rings. The highest BCUT2D eigenvalue weighted by molar-refractivity contribution is 5.71. The molecule has 0 aliphatic carbocycles. The van der Waals surface area contributed by atoms with Gasteiger partial charge in [0, 0.05) is 18.7 Å². The molecular weight excluding hydrogens is 393 g/mol. The Hall–Kier alpha value is -2.87. The molecule has 0 radical (unpaired) electrons. The number of nitrogens with one attached hydrogen (secondary N) is 2. The van der Waals surface area contributed by atoms with Gasteiger partial charge in [0.05, 0.1) is 18.1 Å². The molecule has 1 aliphatic heterocycles. The Labute approximate surface area is 183 Å². The van der Waals surface area contributed by atoms with Crippen LogP contribution in [0.1, 0.15) is 18.4 Å². The Kier molecular flexibility index (Phi) is 10.0. The maximum Gasteiger partial charge on any atom is 0.141 e. The predicted octanol–water partition coefficient (Wildman–Crippen LogP) is 3.41. The van der Waals surface area contributed by atoms with Gasteiger partial charge in [-0.05, 0) is 68.7 Å². The van der Waals surface area contributed by atoms with Gasteiger partial charge in [0.25, 0.3) is 0 Å². The number of rotatable bonds is 3. The number of hydrogen-bond acceptors (Lipinski definition) is 6. The van der Waals surface area contributed by atoms with Crippen molar-refractivity contribution in [1.29, 1.82) is 0 Å². The standard InChI is InChI=1S/C17H14FN3.C6H14N2.CH4O/c1-11-4-2-3-5-13(11)12-6-7-14(15(18)8-12)16-9-21-17(19)10-20-16;1-7-6-2-4-8-5-3-6;1-2/h2-10H,1H3,(H2,19,21);6-8H,2-5H2,1H3;2H,1H3. The molecule has 0 saturated carbocycles. The summed E-state index contributed by atoms with van der Waals surface area (Å²) in [4.78, 5) is 8.04. The van der Waals surface area contributed by atoms with Crippen molar-refractivity contribution in [3.8, 4) is 22.4 Å². The van der Waals surface area contributed by atoms with Crippen LogP contribution in [-0.2, 0) is 0 Å². The molecule has 31 heavy (non-hydrogen) atoms. The summed E-state index contributed by atoms with van der Waals surface area (Å²) in [5, 5.41) is 13.6. The van der Waals surface area contributed by atoms with E-state index in [4.69, 9.17) is 10.8 Å². The topological polar surface area (TPSA) is 96.1 Å². The van der Waals surface area contributed by atoms with Crippen LogP contribution in [0.2, 0.25) is 0 Å². The summed E-state index contributed by atoms with van der Waals surface area (Å²) < 4.78 is 14.4. The second-order valence-electron chi connectivity index (χ2n) is 7.15. The number of halogens is 1. The summed E-state index contributed by atoms with van der Waals surface area (Å²) in [5.74, 6) is -0.00878. The van der Waals surface area contributed by atoms with Gasteiger partial charge in [-0.25, -0.2) is 9.37 Å². The third kappa shape index (κ3) is 7.10. The lowest BCUT2D eigenvalue weighted by molar-refractivity contribution is 0.399. The number of aromatic nitrogens is 2. The van der Waals surface area contributed by atoms with E-state index in [2.05, 4.69) is 20.6 Å². The Morgan fingerprint density at radius 1 is 1.03 bits per heavy atom. The highest BCUT2D eigenvalue weighted by Crippen LogP contribution is 2.28. The van der Waals surface area contributed by atoms with E-state index in [0.29, 0.717) is 17.1 Å². The molecular formula is C24H32FN5O. The summed E-state index contributed by atoms with van der Waals surface area (Å²) in [6.45, 7) is 4.38. The highest BCUT2D eigenvalue weighted by Gasteiger charge is 2.10. The maximum atomic E-state index is 14.4. The van der Waals surface area contributed by atoms with E-state index in [0.717, 1.165) is 29.8 Å². The average molecular weight is 426 g/mol. The largest absolute Gasteiger partial charge is 0.400 e. The van der Waals surface area contributed by atoms with Gasteiger partial charge in [0.2, 0.25) is 0 Å². The van der Waals surface area contributed by atoms with Crippen LogP contribution in [-0.4, -0.2) is 48.4 Å². The van der Waals surface area contributed by atoms with Crippen LogP contribution in [0, 0.1) is 12.7 Å². The van der Waals surface area contributed by atoms with Crippen LogP contribution >= 0.6 is 0 Å². The van der Waals surface area contributed by atoms with E-state index in [1.165, 1.54) is 44.4 Å². The molecule has 0 spiro atoms. The minimum atomic E-state index is -0.324. The van der Waals surface area contributed by atoms with Crippen molar-refractivity contribution in [2.24, 2.45) is 0 Å². The Morgan fingerprint density at radius 2 is 1.74 bits per heavy atom. The predicted molar refractivity (Wildman–Crippen MR) is 125 cm³/mol. The van der Waals surface area contributed by atoms with Crippen LogP contribution in [0.4, 0.5) is 10.2 Å². The Morgan fingerprint density at radius 3 is 2.29 bits per heavy atom. The molecule has 1 saturated heterocycles. The number of aliphatic hydroxyl groups excluding tert-OH is 1. The molecule has 0 amide bonds. The van der Waals surface area contributed by atoms with Crippen molar-refractivity contribution in [2.75, 3.05) is 33.0 Å². The van der Waals surface area contributed by atoms with Crippen molar-refractivity contribution in [3.63, 3.8) is 0 Å². The number of nitrogens with zero attached hydrogens (tertiary/aromatic N) is 2. The average Bonchev–Trinajstić information content (AvgIpc) is 2.82. The third-order valence-corrected chi connectivity index (χ3v) is 5.12. The third-order valence-electron chi connectivity index (χ3n) is 5.12. The van der Waals surface area contributed by atoms with Crippen molar-refractivity contribution >= 4 is 5.82 Å². The molecule has 0 unspecified atom stereocenters. The van der Waals surface area contributed by atoms with E-state index < -0.39 is 0 Å². The molecule has 0 atom stereocenters. The Bertz CT molecular complexity index is 928. The smallest absolute Gasteiger partial charge is 0.141 e. The zero-order valence-corrected chi connectivity index (χ0v) is 18.4. The van der Waals surface area contributed by atoms with Gasteiger partial charge in [-0.1, -0.05) is 30.3 Å². The number of piperidine rings is 1. The summed E-state index contributed by atoms with van der Waals surface area (Å²) in [6, 6.07) is 13.8. The quantitative estimate of drug-likeness (QED) is 0.514. The van der Waals surface area contributed by atoms with E-state index >= 15 is 0 Å². The molecule has 7 heteroatoms. The van der Waals surface area contributed by atoms with Crippen molar-refractivity contribution in [1.82, 2.24) is 20.6 Å². The second kappa shape index (κ2) is 12.7. The SMILES string of the molecule is CNC1CCNCC1.CO.Cc1ccccc1-c1ccc(-c2cnc(N)cn2)c(F)c1. The molecule has 2 aromatic carbocycles. The van der Waals surface area contributed by atoms with Crippen LogP contribution in [0.3, 0.4) is 0 Å². The minimum Gasteiger partial charge on any atom is -0.400 e. The zero-order chi connectivity index (χ0) is 22.6. The first kappa shape index (κ1) is 24.4. The van der Waals surface area contributed by atoms with Crippen molar-refractivity contribution < 1.29 is 9.50 Å². The molecule has 2 heterocycles. The number of nitrogens with two attached hydrogens (primary N) is 1. The van der Waals surface area contributed by atoms with Gasteiger partial charge in [0.1, 0.15) is 11.6 Å². The summed E-state index contributed by atoms with van der Waals surface area (Å²) in [6.07, 6.45) is 5.47. The molecule has 6 nitrogen and oxygen atoms in total. The first-order chi connectivity index (χ1) is 15.1. The van der Waals surface area contributed by atoms with Crippen molar-refractivity contribution in [2.45, 2.75) is 25.8 Å². The number of benzene rings is 2. The summed E-state index contributed by atoms with van der Waals surface area (Å²) in [5.41, 5.74) is 9.35. The molecule has 0 bridgehead atoms. The lowest BCUT2D eigenvalue weighted by Gasteiger charge is -2.21. The van der Waals surface area contributed by atoms with Gasteiger partial charge in [-0.3, -0.25) is 4.98 Å². The van der Waals surface area contributed by atoms with E-state index in [1.54, 1.807) is 6.07 Å². The fraction of sp³-hybridized carbons (Fsp3) is 0.333. The van der Waals surface area contributed by atoms with E-state index in [-0.39, 0.29) is 5.82 Å². The molecule has 5 N–H and O–H groups in total. The van der Waals surface area contributed by atoms with Crippen LogP contribution in [0.25, 0.3) is 22.4 Å². The fourth-order valence-electron chi connectivity index (χ4n) is 3.37. The zero-order valence-electron chi connectivity index (χ0n) is 18.4. The molecule has 1 aromatic heterocycles. The van der Waals surface area contributed by atoms with Gasteiger partial charge in [0.15, 0.2) is 0 Å². The van der Waals surface area contributed by atoms with Crippen LogP contribution < -0.4 is 16.4 Å². The summed E-state index contributed by atoms with van der Waals surface area (Å²) >= 11 is 0. The Balaban J connectivity index is 0.000000286. The normalized spacial score (nSPS) is 13.5. The van der Waals surface area contributed by atoms with Gasteiger partial charge in [-0.2, -0.15) is 0 Å². The molecule has 4 rings (SSSR count). The lowest BCUT2D eigenvalue weighted by atomic mass is 9.98. The van der Waals surface area contributed by atoms with Crippen LogP contribution in [0.5, 0.6) is 0 Å². The number of aliphatic hydroxyl groups is 1. The minimum absolute atomic E-state index is 0.315. The second-order valence-corrected chi connectivity index (χ2v) is 7.15. The fourth-order valence-corrected chi connectivity index (χ4v) is 3.37. The van der Waals surface area contributed by atoms with Gasteiger partial charge in [-0.15, -0.1) is 0 Å². The monoisotopic (exact) mass is 425 g/mol. The van der Waals surface area contributed by atoms with E-state index in [9.17, 15) is 4.39 Å². The molecule has 166 valence electrons. The molecule has 1 fully saturated rings. The van der Waals surface area contributed by atoms with E-state index in [1.807, 2.05) is 44.3 Å².